The number of anilines is 1. The zero-order chi connectivity index (χ0) is 11.8. The largest absolute Gasteiger partial charge is 0.372 e. The molecule has 1 rings (SSSR count). The minimum Gasteiger partial charge on any atom is -0.372 e. The normalized spacial score (nSPS) is 10.4. The van der Waals surface area contributed by atoms with Gasteiger partial charge in [0.05, 0.1) is 0 Å². The molecule has 2 heteroatoms. The second kappa shape index (κ2) is 7.61. The van der Waals surface area contributed by atoms with Gasteiger partial charge in [0.25, 0.3) is 0 Å². The molecule has 1 nitrogen and oxygen atoms in total. The molecule has 0 aliphatic carbocycles. The molecule has 0 aromatic heterocycles. The van der Waals surface area contributed by atoms with Gasteiger partial charge >= 0.3 is 0 Å². The third-order valence-electron chi connectivity index (χ3n) is 2.83. The number of benzene rings is 1. The molecule has 0 amide bonds. The van der Waals surface area contributed by atoms with Gasteiger partial charge in [-0.25, -0.2) is 0 Å². The van der Waals surface area contributed by atoms with Crippen LogP contribution in [-0.2, 0) is 0 Å². The first-order valence-corrected chi connectivity index (χ1v) is 6.83. The van der Waals surface area contributed by atoms with Crippen molar-refractivity contribution in [2.24, 2.45) is 0 Å². The van der Waals surface area contributed by atoms with Gasteiger partial charge in [-0.3, -0.25) is 0 Å². The molecule has 0 saturated carbocycles. The first kappa shape index (κ1) is 13.4. The minimum absolute atomic E-state index is 1.01. The minimum atomic E-state index is 1.01. The molecule has 16 heavy (non-hydrogen) atoms. The fourth-order valence-electron chi connectivity index (χ4n) is 1.89. The average Bonchev–Trinajstić information content (AvgIpc) is 2.29. The quantitative estimate of drug-likeness (QED) is 0.555. The molecule has 1 aromatic carbocycles. The van der Waals surface area contributed by atoms with Crippen molar-refractivity contribution in [1.82, 2.24) is 0 Å². The van der Waals surface area contributed by atoms with E-state index in [2.05, 4.69) is 55.6 Å². The fourth-order valence-corrected chi connectivity index (χ4v) is 2.11. The van der Waals surface area contributed by atoms with E-state index in [0.29, 0.717) is 0 Å². The van der Waals surface area contributed by atoms with E-state index in [0.717, 1.165) is 18.8 Å². The topological polar surface area (TPSA) is 3.24 Å². The summed E-state index contributed by atoms with van der Waals surface area (Å²) < 4.78 is 0. The molecule has 0 bridgehead atoms. The highest BCUT2D eigenvalue weighted by Crippen LogP contribution is 2.16. The smallest absolute Gasteiger partial charge is 0.0368 e. The summed E-state index contributed by atoms with van der Waals surface area (Å²) in [7, 11) is 0. The van der Waals surface area contributed by atoms with Crippen LogP contribution < -0.4 is 4.90 Å². The highest BCUT2D eigenvalue weighted by atomic mass is 32.1. The van der Waals surface area contributed by atoms with Crippen molar-refractivity contribution in [1.29, 1.82) is 0 Å². The van der Waals surface area contributed by atoms with Crippen molar-refractivity contribution < 1.29 is 0 Å². The Morgan fingerprint density at radius 2 is 2.00 bits per heavy atom. The van der Waals surface area contributed by atoms with Crippen molar-refractivity contribution in [3.8, 4) is 0 Å². The van der Waals surface area contributed by atoms with Crippen LogP contribution in [0.3, 0.4) is 0 Å². The van der Waals surface area contributed by atoms with E-state index >= 15 is 0 Å². The predicted molar refractivity (Wildman–Crippen MR) is 76.8 cm³/mol. The molecule has 0 N–H and O–H groups in total. The van der Waals surface area contributed by atoms with Gasteiger partial charge in [0.15, 0.2) is 0 Å². The van der Waals surface area contributed by atoms with E-state index in [1.165, 1.54) is 30.5 Å². The summed E-state index contributed by atoms with van der Waals surface area (Å²) in [6.45, 7) is 6.62. The maximum absolute atomic E-state index is 4.24. The summed E-state index contributed by atoms with van der Waals surface area (Å²) in [6.07, 6.45) is 3.78. The Kier molecular flexibility index (Phi) is 6.39. The van der Waals surface area contributed by atoms with Crippen molar-refractivity contribution in [3.05, 3.63) is 29.8 Å². The molecule has 0 radical (unpaired) electrons. The Morgan fingerprint density at radius 3 is 2.62 bits per heavy atom. The van der Waals surface area contributed by atoms with E-state index in [4.69, 9.17) is 0 Å². The molecule has 1 aromatic rings. The lowest BCUT2D eigenvalue weighted by Crippen LogP contribution is -2.23. The SMILES string of the molecule is CCN(CCCCCS)c1cccc(C)c1. The van der Waals surface area contributed by atoms with Gasteiger partial charge in [-0.15, -0.1) is 0 Å². The summed E-state index contributed by atoms with van der Waals surface area (Å²) in [5, 5.41) is 0. The van der Waals surface area contributed by atoms with Gasteiger partial charge in [0, 0.05) is 18.8 Å². The monoisotopic (exact) mass is 237 g/mol. The van der Waals surface area contributed by atoms with E-state index in [1.54, 1.807) is 0 Å². The number of aryl methyl sites for hydroxylation is 1. The molecule has 0 spiro atoms. The lowest BCUT2D eigenvalue weighted by atomic mass is 10.2. The molecule has 0 heterocycles. The van der Waals surface area contributed by atoms with Gasteiger partial charge < -0.3 is 4.90 Å². The summed E-state index contributed by atoms with van der Waals surface area (Å²) in [5.74, 6) is 1.01. The van der Waals surface area contributed by atoms with Crippen LogP contribution in [0.5, 0.6) is 0 Å². The molecule has 0 aliphatic rings. The van der Waals surface area contributed by atoms with Crippen LogP contribution in [0.25, 0.3) is 0 Å². The lowest BCUT2D eigenvalue weighted by molar-refractivity contribution is 0.689. The van der Waals surface area contributed by atoms with Crippen LogP contribution in [0.1, 0.15) is 31.7 Å². The van der Waals surface area contributed by atoms with Crippen molar-refractivity contribution in [2.75, 3.05) is 23.7 Å². The Bertz CT molecular complexity index is 299. The third-order valence-corrected chi connectivity index (χ3v) is 3.15. The summed E-state index contributed by atoms with van der Waals surface area (Å²) in [5.41, 5.74) is 2.69. The first-order chi connectivity index (χ1) is 7.77. The molecule has 0 atom stereocenters. The lowest BCUT2D eigenvalue weighted by Gasteiger charge is -2.23. The second-order valence-corrected chi connectivity index (χ2v) is 4.65. The highest BCUT2D eigenvalue weighted by molar-refractivity contribution is 7.80. The summed E-state index contributed by atoms with van der Waals surface area (Å²) in [6, 6.07) is 8.76. The number of hydrogen-bond donors (Lipinski definition) is 1. The maximum atomic E-state index is 4.24. The highest BCUT2D eigenvalue weighted by Gasteiger charge is 2.03. The van der Waals surface area contributed by atoms with Gasteiger partial charge in [-0.1, -0.05) is 18.6 Å². The van der Waals surface area contributed by atoms with E-state index in [9.17, 15) is 0 Å². The van der Waals surface area contributed by atoms with Crippen molar-refractivity contribution in [3.63, 3.8) is 0 Å². The van der Waals surface area contributed by atoms with Crippen LogP contribution >= 0.6 is 12.6 Å². The number of rotatable bonds is 7. The molecular formula is C14H23NS. The van der Waals surface area contributed by atoms with E-state index < -0.39 is 0 Å². The van der Waals surface area contributed by atoms with Crippen LogP contribution in [0.15, 0.2) is 24.3 Å². The van der Waals surface area contributed by atoms with E-state index in [1.807, 2.05) is 0 Å². The Morgan fingerprint density at radius 1 is 1.19 bits per heavy atom. The second-order valence-electron chi connectivity index (χ2n) is 4.20. The molecule has 0 fully saturated rings. The van der Waals surface area contributed by atoms with Gasteiger partial charge in [0.1, 0.15) is 0 Å². The fraction of sp³-hybridized carbons (Fsp3) is 0.571. The van der Waals surface area contributed by atoms with Crippen LogP contribution in [0, 0.1) is 6.92 Å². The molecular weight excluding hydrogens is 214 g/mol. The van der Waals surface area contributed by atoms with Gasteiger partial charge in [-0.05, 0) is 50.1 Å². The number of hydrogen-bond acceptors (Lipinski definition) is 2. The van der Waals surface area contributed by atoms with E-state index in [-0.39, 0.29) is 0 Å². The zero-order valence-corrected chi connectivity index (χ0v) is 11.3. The first-order valence-electron chi connectivity index (χ1n) is 6.20. The van der Waals surface area contributed by atoms with Crippen LogP contribution in [0.2, 0.25) is 0 Å². The number of unbranched alkanes of at least 4 members (excludes halogenated alkanes) is 2. The molecule has 0 unspecified atom stereocenters. The van der Waals surface area contributed by atoms with Crippen molar-refractivity contribution >= 4 is 18.3 Å². The van der Waals surface area contributed by atoms with Crippen LogP contribution in [0.4, 0.5) is 5.69 Å². The van der Waals surface area contributed by atoms with Crippen LogP contribution in [-0.4, -0.2) is 18.8 Å². The third kappa shape index (κ3) is 4.48. The standard InChI is InChI=1S/C14H23NS/c1-3-15(10-5-4-6-11-16)14-9-7-8-13(2)12-14/h7-9,12,16H,3-6,10-11H2,1-2H3. The Balaban J connectivity index is 2.47. The number of thiol groups is 1. The molecule has 0 saturated heterocycles. The molecule has 90 valence electrons. The summed E-state index contributed by atoms with van der Waals surface area (Å²) in [4.78, 5) is 2.45. The number of nitrogens with zero attached hydrogens (tertiary/aromatic N) is 1. The Labute approximate surface area is 105 Å². The average molecular weight is 237 g/mol. The Hall–Kier alpha value is -0.630. The molecule has 0 aliphatic heterocycles. The van der Waals surface area contributed by atoms with Crippen molar-refractivity contribution in [2.45, 2.75) is 33.1 Å². The van der Waals surface area contributed by atoms with Gasteiger partial charge in [-0.2, -0.15) is 12.6 Å². The maximum Gasteiger partial charge on any atom is 0.0368 e. The van der Waals surface area contributed by atoms with Gasteiger partial charge in [0.2, 0.25) is 0 Å². The predicted octanol–water partition coefficient (Wildman–Crippen LogP) is 3.92. The summed E-state index contributed by atoms with van der Waals surface area (Å²) >= 11 is 4.24. The zero-order valence-electron chi connectivity index (χ0n) is 10.4.